The lowest BCUT2D eigenvalue weighted by Gasteiger charge is -2.25. The van der Waals surface area contributed by atoms with E-state index in [0.29, 0.717) is 47.3 Å². The van der Waals surface area contributed by atoms with Crippen molar-refractivity contribution in [1.29, 1.82) is 0 Å². The van der Waals surface area contributed by atoms with Crippen LogP contribution in [-0.2, 0) is 14.3 Å². The topological polar surface area (TPSA) is 106 Å². The van der Waals surface area contributed by atoms with Gasteiger partial charge < -0.3 is 14.6 Å². The summed E-state index contributed by atoms with van der Waals surface area (Å²) < 4.78 is 11.1. The van der Waals surface area contributed by atoms with Crippen LogP contribution in [-0.4, -0.2) is 41.0 Å². The van der Waals surface area contributed by atoms with Gasteiger partial charge in [0, 0.05) is 23.6 Å². The highest BCUT2D eigenvalue weighted by atomic mass is 16.5. The lowest BCUT2D eigenvalue weighted by Crippen LogP contribution is -2.29. The van der Waals surface area contributed by atoms with Crippen LogP contribution in [0.4, 0.5) is 5.69 Å². The summed E-state index contributed by atoms with van der Waals surface area (Å²) in [5, 5.41) is 11.4. The van der Waals surface area contributed by atoms with Crippen LogP contribution in [0, 0.1) is 18.8 Å². The van der Waals surface area contributed by atoms with Gasteiger partial charge in [0.15, 0.2) is 0 Å². The summed E-state index contributed by atoms with van der Waals surface area (Å²) in [4.78, 5) is 44.7. The minimum absolute atomic E-state index is 0.0475. The van der Waals surface area contributed by atoms with Crippen LogP contribution in [0.2, 0.25) is 0 Å². The molecular formula is C32H34N2O6. The molecule has 1 aliphatic rings. The molecule has 2 heterocycles. The number of ketones is 1. The number of hydrogen-bond donors (Lipinski definition) is 1. The molecule has 1 aliphatic heterocycles. The largest absolute Gasteiger partial charge is 0.507 e. The van der Waals surface area contributed by atoms with E-state index in [9.17, 15) is 19.5 Å². The lowest BCUT2D eigenvalue weighted by molar-refractivity contribution is -0.132. The number of aryl methyl sites for hydroxylation is 1. The van der Waals surface area contributed by atoms with Crippen molar-refractivity contribution in [3.63, 3.8) is 0 Å². The van der Waals surface area contributed by atoms with E-state index in [0.717, 1.165) is 5.56 Å². The molecule has 0 saturated carbocycles. The predicted octanol–water partition coefficient (Wildman–Crippen LogP) is 5.86. The molecule has 1 aromatic heterocycles. The highest BCUT2D eigenvalue weighted by Gasteiger charge is 2.47. The molecule has 0 spiro atoms. The molecule has 3 aromatic rings. The Labute approximate surface area is 234 Å². The number of Topliss-reactive ketones (excluding diaryl/α,β-unsaturated/α-hetero) is 1. The zero-order valence-electron chi connectivity index (χ0n) is 23.4. The first-order valence-corrected chi connectivity index (χ1v) is 13.3. The Morgan fingerprint density at radius 3 is 2.25 bits per heavy atom. The third-order valence-electron chi connectivity index (χ3n) is 6.39. The van der Waals surface area contributed by atoms with Gasteiger partial charge in [-0.3, -0.25) is 19.5 Å². The number of benzene rings is 2. The average molecular weight is 543 g/mol. The van der Waals surface area contributed by atoms with E-state index in [1.54, 1.807) is 67.0 Å². The van der Waals surface area contributed by atoms with Crippen molar-refractivity contribution < 1.29 is 29.0 Å². The Kier molecular flexibility index (Phi) is 8.67. The number of carbonyl (C=O) groups excluding carboxylic acids is 3. The number of carbonyl (C=O) groups is 3. The third-order valence-corrected chi connectivity index (χ3v) is 6.39. The van der Waals surface area contributed by atoms with E-state index in [4.69, 9.17) is 9.47 Å². The maximum absolute atomic E-state index is 13.4. The fourth-order valence-corrected chi connectivity index (χ4v) is 4.41. The average Bonchev–Trinajstić information content (AvgIpc) is 3.21. The minimum atomic E-state index is -0.926. The Morgan fingerprint density at radius 1 is 0.975 bits per heavy atom. The van der Waals surface area contributed by atoms with Gasteiger partial charge in [-0.05, 0) is 78.4 Å². The van der Waals surface area contributed by atoms with Gasteiger partial charge in [0.1, 0.15) is 11.5 Å². The number of anilines is 1. The molecular weight excluding hydrogens is 508 g/mol. The van der Waals surface area contributed by atoms with Gasteiger partial charge >= 0.3 is 5.97 Å². The number of nitrogens with zero attached hydrogens (tertiary/aromatic N) is 2. The number of aliphatic hydroxyl groups excluding tert-OH is 1. The normalized spacial score (nSPS) is 16.6. The quantitative estimate of drug-likeness (QED) is 0.156. The van der Waals surface area contributed by atoms with E-state index in [1.165, 1.54) is 4.90 Å². The molecule has 0 aliphatic carbocycles. The number of esters is 1. The number of aromatic nitrogens is 1. The Balaban J connectivity index is 1.74. The number of amides is 1. The van der Waals surface area contributed by atoms with Crippen LogP contribution in [0.5, 0.6) is 5.75 Å². The Hall–Kier alpha value is -4.46. The van der Waals surface area contributed by atoms with E-state index < -0.39 is 23.7 Å². The summed E-state index contributed by atoms with van der Waals surface area (Å²) in [5.74, 6) is -1.14. The van der Waals surface area contributed by atoms with E-state index >= 15 is 0 Å². The third kappa shape index (κ3) is 6.06. The first-order valence-electron chi connectivity index (χ1n) is 13.3. The molecule has 2 aromatic carbocycles. The number of rotatable bonds is 9. The molecule has 4 rings (SSSR count). The molecule has 1 amide bonds. The molecule has 0 radical (unpaired) electrons. The molecule has 1 fully saturated rings. The van der Waals surface area contributed by atoms with Crippen LogP contribution in [0.15, 0.2) is 72.6 Å². The van der Waals surface area contributed by atoms with Crippen molar-refractivity contribution in [2.45, 2.75) is 40.7 Å². The SMILES string of the molecule is Cc1cc(/C(O)=C2/C(=O)C(=O)N(c3ccc(C(=O)OCC(C)C)cc3)C2c2cccnc2)ccc1OCC(C)C. The first-order chi connectivity index (χ1) is 19.1. The summed E-state index contributed by atoms with van der Waals surface area (Å²) in [7, 11) is 0. The second-order valence-electron chi connectivity index (χ2n) is 10.7. The molecule has 1 N–H and O–H groups in total. The molecule has 40 heavy (non-hydrogen) atoms. The summed E-state index contributed by atoms with van der Waals surface area (Å²) in [6, 6.07) is 14.0. The second kappa shape index (κ2) is 12.2. The highest BCUT2D eigenvalue weighted by Crippen LogP contribution is 2.42. The first kappa shape index (κ1) is 28.5. The molecule has 1 atom stereocenters. The van der Waals surface area contributed by atoms with Crippen LogP contribution in [0.3, 0.4) is 0 Å². The van der Waals surface area contributed by atoms with Crippen molar-refractivity contribution in [3.8, 4) is 5.75 Å². The summed E-state index contributed by atoms with van der Waals surface area (Å²) in [5.41, 5.74) is 2.41. The lowest BCUT2D eigenvalue weighted by atomic mass is 9.95. The maximum Gasteiger partial charge on any atom is 0.338 e. The zero-order chi connectivity index (χ0) is 29.0. The monoisotopic (exact) mass is 542 g/mol. The fourth-order valence-electron chi connectivity index (χ4n) is 4.41. The number of hydrogen-bond acceptors (Lipinski definition) is 7. The van der Waals surface area contributed by atoms with Crippen molar-refractivity contribution in [2.75, 3.05) is 18.1 Å². The molecule has 1 saturated heterocycles. The fraction of sp³-hybridized carbons (Fsp3) is 0.312. The van der Waals surface area contributed by atoms with Crippen LogP contribution >= 0.6 is 0 Å². The molecule has 208 valence electrons. The van der Waals surface area contributed by atoms with Gasteiger partial charge in [-0.25, -0.2) is 4.79 Å². The summed E-state index contributed by atoms with van der Waals surface area (Å²) in [6.45, 7) is 10.7. The summed E-state index contributed by atoms with van der Waals surface area (Å²) >= 11 is 0. The van der Waals surface area contributed by atoms with Gasteiger partial charge in [0.05, 0.1) is 30.4 Å². The number of pyridine rings is 1. The van der Waals surface area contributed by atoms with Gasteiger partial charge in [0.25, 0.3) is 11.7 Å². The maximum atomic E-state index is 13.4. The van der Waals surface area contributed by atoms with Crippen LogP contribution in [0.1, 0.15) is 60.8 Å². The Morgan fingerprint density at radius 2 is 1.65 bits per heavy atom. The molecule has 8 nitrogen and oxygen atoms in total. The molecule has 0 bridgehead atoms. The van der Waals surface area contributed by atoms with Gasteiger partial charge in [-0.15, -0.1) is 0 Å². The van der Waals surface area contributed by atoms with Crippen molar-refractivity contribution >= 4 is 29.1 Å². The predicted molar refractivity (Wildman–Crippen MR) is 152 cm³/mol. The van der Waals surface area contributed by atoms with Crippen molar-refractivity contribution in [2.24, 2.45) is 11.8 Å². The zero-order valence-corrected chi connectivity index (χ0v) is 23.4. The van der Waals surface area contributed by atoms with E-state index in [-0.39, 0.29) is 17.3 Å². The van der Waals surface area contributed by atoms with E-state index in [1.807, 2.05) is 20.8 Å². The highest BCUT2D eigenvalue weighted by molar-refractivity contribution is 6.51. The minimum Gasteiger partial charge on any atom is -0.507 e. The van der Waals surface area contributed by atoms with Gasteiger partial charge in [-0.2, -0.15) is 0 Å². The second-order valence-corrected chi connectivity index (χ2v) is 10.7. The molecule has 1 unspecified atom stereocenters. The standard InChI is InChI=1S/C32H34N2O6/c1-19(2)17-39-26-13-10-23(15-21(26)5)29(35)27-28(24-7-6-14-33-16-24)34(31(37)30(27)36)25-11-8-22(9-12-25)32(38)40-18-20(3)4/h6-16,19-20,28,35H,17-18H2,1-5H3/b29-27-. The van der Waals surface area contributed by atoms with Crippen molar-refractivity contribution in [1.82, 2.24) is 4.98 Å². The smallest absolute Gasteiger partial charge is 0.338 e. The summed E-state index contributed by atoms with van der Waals surface area (Å²) in [6.07, 6.45) is 3.15. The van der Waals surface area contributed by atoms with Crippen LogP contribution in [0.25, 0.3) is 5.76 Å². The number of aliphatic hydroxyl groups is 1. The van der Waals surface area contributed by atoms with Gasteiger partial charge in [-0.1, -0.05) is 33.8 Å². The van der Waals surface area contributed by atoms with E-state index in [2.05, 4.69) is 18.8 Å². The van der Waals surface area contributed by atoms with Crippen LogP contribution < -0.4 is 9.64 Å². The van der Waals surface area contributed by atoms with Gasteiger partial charge in [0.2, 0.25) is 0 Å². The molecule has 8 heteroatoms. The Bertz CT molecular complexity index is 1430. The number of ether oxygens (including phenoxy) is 2. The van der Waals surface area contributed by atoms with Crippen molar-refractivity contribution in [3.05, 3.63) is 94.8 Å².